The number of urea groups is 1. The van der Waals surface area contributed by atoms with Gasteiger partial charge < -0.3 is 20.1 Å². The van der Waals surface area contributed by atoms with Crippen LogP contribution in [0.2, 0.25) is 5.02 Å². The molecule has 2 N–H and O–H groups in total. The van der Waals surface area contributed by atoms with E-state index in [-0.39, 0.29) is 18.7 Å². The molecule has 1 saturated heterocycles. The number of amides is 2. The summed E-state index contributed by atoms with van der Waals surface area (Å²) in [5.74, 6) is -0.472. The van der Waals surface area contributed by atoms with Gasteiger partial charge in [0.05, 0.1) is 17.7 Å². The van der Waals surface area contributed by atoms with Gasteiger partial charge in [-0.1, -0.05) is 23.7 Å². The quantitative estimate of drug-likeness (QED) is 0.818. The van der Waals surface area contributed by atoms with Crippen molar-refractivity contribution in [3.63, 3.8) is 0 Å². The molecule has 2 atom stereocenters. The van der Waals surface area contributed by atoms with Gasteiger partial charge in [0, 0.05) is 17.3 Å². The van der Waals surface area contributed by atoms with E-state index < -0.39 is 12.0 Å². The normalized spacial score (nSPS) is 23.7. The molecule has 0 unspecified atom stereocenters. The summed E-state index contributed by atoms with van der Waals surface area (Å²) < 4.78 is 10.9. The predicted octanol–water partition coefficient (Wildman–Crippen LogP) is 2.69. The second-order valence-electron chi connectivity index (χ2n) is 5.86. The highest BCUT2D eigenvalue weighted by Crippen LogP contribution is 2.29. The number of ether oxygens (including phenoxy) is 2. The van der Waals surface area contributed by atoms with Gasteiger partial charge in [0.15, 0.2) is 0 Å². The third kappa shape index (κ3) is 3.71. The lowest BCUT2D eigenvalue weighted by molar-refractivity contribution is -0.142. The van der Waals surface area contributed by atoms with Crippen molar-refractivity contribution in [3.8, 4) is 0 Å². The van der Waals surface area contributed by atoms with Crippen molar-refractivity contribution >= 4 is 23.6 Å². The molecule has 6 nitrogen and oxygen atoms in total. The monoisotopic (exact) mass is 350 g/mol. The van der Waals surface area contributed by atoms with E-state index in [1.54, 1.807) is 25.1 Å². The number of carbonyl (C=O) groups is 2. The molecule has 1 aromatic rings. The van der Waals surface area contributed by atoms with Crippen molar-refractivity contribution in [2.24, 2.45) is 0 Å². The number of carbonyl (C=O) groups excluding carboxylic acids is 2. The van der Waals surface area contributed by atoms with Crippen molar-refractivity contribution in [1.82, 2.24) is 10.6 Å². The van der Waals surface area contributed by atoms with Gasteiger partial charge in [-0.25, -0.2) is 9.59 Å². The molecule has 2 heterocycles. The van der Waals surface area contributed by atoms with Gasteiger partial charge in [0.25, 0.3) is 0 Å². The maximum absolute atomic E-state index is 12.6. The summed E-state index contributed by atoms with van der Waals surface area (Å²) in [7, 11) is 0. The third-order valence-electron chi connectivity index (χ3n) is 4.10. The molecule has 0 radical (unpaired) electrons. The molecular weight excluding hydrogens is 332 g/mol. The van der Waals surface area contributed by atoms with Crippen LogP contribution in [0.1, 0.15) is 31.4 Å². The van der Waals surface area contributed by atoms with Crippen LogP contribution in [0.15, 0.2) is 35.5 Å². The summed E-state index contributed by atoms with van der Waals surface area (Å²) in [6.07, 6.45) is 1.82. The third-order valence-corrected chi connectivity index (χ3v) is 4.33. The molecule has 0 bridgehead atoms. The van der Waals surface area contributed by atoms with Gasteiger partial charge >= 0.3 is 12.0 Å². The first-order valence-electron chi connectivity index (χ1n) is 7.87. The number of hydrogen-bond donors (Lipinski definition) is 2. The Bertz CT molecular complexity index is 683. The second-order valence-corrected chi connectivity index (χ2v) is 6.30. The van der Waals surface area contributed by atoms with Crippen LogP contribution in [0.25, 0.3) is 0 Å². The Morgan fingerprint density at radius 3 is 3.00 bits per heavy atom. The molecule has 2 aliphatic rings. The minimum atomic E-state index is -0.602. The van der Waals surface area contributed by atoms with Gasteiger partial charge in [-0.15, -0.1) is 0 Å². The molecule has 0 aromatic heterocycles. The topological polar surface area (TPSA) is 76.7 Å². The highest BCUT2D eigenvalue weighted by molar-refractivity contribution is 6.30. The number of allylic oxidation sites excluding steroid dienone is 1. The number of benzene rings is 1. The lowest BCUT2D eigenvalue weighted by atomic mass is 9.95. The average molecular weight is 351 g/mol. The number of nitrogens with one attached hydrogen (secondary N) is 2. The number of hydrogen-bond acceptors (Lipinski definition) is 4. The summed E-state index contributed by atoms with van der Waals surface area (Å²) in [6, 6.07) is 6.07. The summed E-state index contributed by atoms with van der Waals surface area (Å²) in [5.41, 5.74) is 1.57. The van der Waals surface area contributed by atoms with Crippen LogP contribution < -0.4 is 10.6 Å². The molecular formula is C17H19ClN2O4. The first-order chi connectivity index (χ1) is 11.5. The molecule has 128 valence electrons. The molecule has 2 amide bonds. The number of esters is 1. The van der Waals surface area contributed by atoms with Crippen molar-refractivity contribution in [2.45, 2.75) is 31.9 Å². The Kier molecular flexibility index (Phi) is 5.06. The largest absolute Gasteiger partial charge is 0.459 e. The molecule has 0 saturated carbocycles. The molecule has 1 fully saturated rings. The lowest BCUT2D eigenvalue weighted by Gasteiger charge is -2.28. The van der Waals surface area contributed by atoms with Gasteiger partial charge in [0.1, 0.15) is 6.61 Å². The number of rotatable bonds is 4. The smallest absolute Gasteiger partial charge is 0.338 e. The minimum Gasteiger partial charge on any atom is -0.459 e. The predicted molar refractivity (Wildman–Crippen MR) is 88.5 cm³/mol. The fourth-order valence-corrected chi connectivity index (χ4v) is 3.12. The van der Waals surface area contributed by atoms with Crippen molar-refractivity contribution in [2.75, 3.05) is 13.2 Å². The van der Waals surface area contributed by atoms with E-state index in [4.69, 9.17) is 21.1 Å². The van der Waals surface area contributed by atoms with Crippen LogP contribution >= 0.6 is 11.6 Å². The fourth-order valence-electron chi connectivity index (χ4n) is 2.92. The highest BCUT2D eigenvalue weighted by Gasteiger charge is 2.32. The van der Waals surface area contributed by atoms with E-state index in [1.165, 1.54) is 0 Å². The van der Waals surface area contributed by atoms with Crippen molar-refractivity contribution in [1.29, 1.82) is 0 Å². The van der Waals surface area contributed by atoms with Gasteiger partial charge in [-0.05, 0) is 37.5 Å². The molecule has 7 heteroatoms. The molecule has 2 aliphatic heterocycles. The van der Waals surface area contributed by atoms with Crippen molar-refractivity contribution < 1.29 is 19.1 Å². The van der Waals surface area contributed by atoms with E-state index in [1.807, 2.05) is 6.07 Å². The summed E-state index contributed by atoms with van der Waals surface area (Å²) in [5, 5.41) is 5.90. The van der Waals surface area contributed by atoms with Crippen LogP contribution in [-0.2, 0) is 14.3 Å². The van der Waals surface area contributed by atoms with Crippen LogP contribution in [0, 0.1) is 0 Å². The Balaban J connectivity index is 1.81. The van der Waals surface area contributed by atoms with Crippen LogP contribution in [-0.4, -0.2) is 31.3 Å². The zero-order chi connectivity index (χ0) is 17.1. The summed E-state index contributed by atoms with van der Waals surface area (Å²) in [6.45, 7) is 2.59. The maximum Gasteiger partial charge on any atom is 0.338 e. The van der Waals surface area contributed by atoms with E-state index in [0.29, 0.717) is 22.9 Å². The summed E-state index contributed by atoms with van der Waals surface area (Å²) in [4.78, 5) is 24.4. The lowest BCUT2D eigenvalue weighted by Crippen LogP contribution is -2.45. The zero-order valence-electron chi connectivity index (χ0n) is 13.3. The van der Waals surface area contributed by atoms with Gasteiger partial charge in [-0.3, -0.25) is 0 Å². The van der Waals surface area contributed by atoms with E-state index in [9.17, 15) is 9.59 Å². The van der Waals surface area contributed by atoms with Gasteiger partial charge in [-0.2, -0.15) is 0 Å². The molecule has 24 heavy (non-hydrogen) atoms. The minimum absolute atomic E-state index is 0.0504. The van der Waals surface area contributed by atoms with E-state index in [2.05, 4.69) is 10.6 Å². The summed E-state index contributed by atoms with van der Waals surface area (Å²) >= 11 is 6.03. The van der Waals surface area contributed by atoms with Crippen molar-refractivity contribution in [3.05, 3.63) is 46.1 Å². The van der Waals surface area contributed by atoms with E-state index >= 15 is 0 Å². The first-order valence-corrected chi connectivity index (χ1v) is 8.25. The Hall–Kier alpha value is -2.05. The second kappa shape index (κ2) is 7.23. The van der Waals surface area contributed by atoms with Crippen LogP contribution in [0.4, 0.5) is 4.79 Å². The first kappa shape index (κ1) is 16.8. The fraction of sp³-hybridized carbons (Fsp3) is 0.412. The van der Waals surface area contributed by atoms with Crippen LogP contribution in [0.3, 0.4) is 0 Å². The molecule has 0 spiro atoms. The Morgan fingerprint density at radius 2 is 2.29 bits per heavy atom. The number of halogens is 1. The molecule has 1 aromatic carbocycles. The molecule has 3 rings (SSSR count). The maximum atomic E-state index is 12.6. The highest BCUT2D eigenvalue weighted by atomic mass is 35.5. The van der Waals surface area contributed by atoms with Gasteiger partial charge in [0.2, 0.25) is 0 Å². The SMILES string of the molecule is CC1=C(C(=O)OC[C@H]2CCCO2)[C@@H](c2cccc(Cl)c2)NC(=O)N1. The van der Waals surface area contributed by atoms with Crippen LogP contribution in [0.5, 0.6) is 0 Å². The standard InChI is InChI=1S/C17H19ClN2O4/c1-10-14(16(21)24-9-13-6-3-7-23-13)15(20-17(22)19-10)11-4-2-5-12(18)8-11/h2,4-5,8,13,15H,3,6-7,9H2,1H3,(H2,19,20,22)/t13-,15-/m1/s1. The Morgan fingerprint density at radius 1 is 1.46 bits per heavy atom. The Labute approximate surface area is 145 Å². The van der Waals surface area contributed by atoms with E-state index in [0.717, 1.165) is 18.4 Å². The average Bonchev–Trinajstić information content (AvgIpc) is 3.05. The molecule has 0 aliphatic carbocycles. The zero-order valence-corrected chi connectivity index (χ0v) is 14.1.